The second-order valence-corrected chi connectivity index (χ2v) is 6.65. The molecule has 6 nitrogen and oxygen atoms in total. The minimum atomic E-state index is -0.438. The van der Waals surface area contributed by atoms with E-state index >= 15 is 0 Å². The topological polar surface area (TPSA) is 73.9 Å². The number of anilines is 1. The smallest absolute Gasteiger partial charge is 0.341 e. The van der Waals surface area contributed by atoms with Crippen molar-refractivity contribution in [1.82, 2.24) is 0 Å². The van der Waals surface area contributed by atoms with Crippen LogP contribution in [0.2, 0.25) is 0 Å². The third-order valence-electron chi connectivity index (χ3n) is 3.63. The van der Waals surface area contributed by atoms with Crippen molar-refractivity contribution in [1.29, 1.82) is 0 Å². The zero-order valence-corrected chi connectivity index (χ0v) is 16.2. The molecule has 0 aliphatic carbocycles. The number of amides is 1. The molecule has 0 radical (unpaired) electrons. The highest BCUT2D eigenvalue weighted by Crippen LogP contribution is 2.33. The molecule has 0 atom stereocenters. The summed E-state index contributed by atoms with van der Waals surface area (Å²) in [5.41, 5.74) is 1.21. The number of benzene rings is 1. The minimum Gasteiger partial charge on any atom is -0.490 e. The number of para-hydroxylation sites is 2. The summed E-state index contributed by atoms with van der Waals surface area (Å²) in [5, 5.41) is 3.22. The Morgan fingerprint density at radius 3 is 2.31 bits per heavy atom. The number of hydrogen-bond acceptors (Lipinski definition) is 6. The number of ether oxygens (including phenoxy) is 3. The largest absolute Gasteiger partial charge is 0.490 e. The van der Waals surface area contributed by atoms with Crippen molar-refractivity contribution in [2.24, 2.45) is 0 Å². The second kappa shape index (κ2) is 9.24. The van der Waals surface area contributed by atoms with Gasteiger partial charge in [-0.2, -0.15) is 0 Å². The van der Waals surface area contributed by atoms with Gasteiger partial charge in [-0.1, -0.05) is 12.1 Å². The highest BCUT2D eigenvalue weighted by atomic mass is 32.1. The van der Waals surface area contributed by atoms with Crippen LogP contribution in [0.3, 0.4) is 0 Å². The van der Waals surface area contributed by atoms with E-state index in [1.165, 1.54) is 11.3 Å². The third kappa shape index (κ3) is 4.76. The molecule has 0 aliphatic heterocycles. The van der Waals surface area contributed by atoms with Gasteiger partial charge >= 0.3 is 5.97 Å². The van der Waals surface area contributed by atoms with Gasteiger partial charge in [0, 0.05) is 4.88 Å². The lowest BCUT2D eigenvalue weighted by atomic mass is 10.1. The Morgan fingerprint density at radius 2 is 1.69 bits per heavy atom. The molecule has 2 aromatic rings. The predicted molar refractivity (Wildman–Crippen MR) is 101 cm³/mol. The standard InChI is InChI=1S/C19H23NO5S/c1-5-23-14-9-7-8-10-15(14)25-11-16(21)20-18-17(19(22)24-6-2)12(3)13(4)26-18/h7-10H,5-6,11H2,1-4H3,(H,20,21). The molecule has 0 spiro atoms. The van der Waals surface area contributed by atoms with Crippen molar-refractivity contribution >= 4 is 28.2 Å². The van der Waals surface area contributed by atoms with Crippen molar-refractivity contribution < 1.29 is 23.8 Å². The van der Waals surface area contributed by atoms with E-state index in [-0.39, 0.29) is 19.1 Å². The molecule has 7 heteroatoms. The van der Waals surface area contributed by atoms with Crippen LogP contribution in [0, 0.1) is 13.8 Å². The number of esters is 1. The van der Waals surface area contributed by atoms with Crippen LogP contribution in [0.15, 0.2) is 24.3 Å². The Morgan fingerprint density at radius 1 is 1.04 bits per heavy atom. The van der Waals surface area contributed by atoms with Crippen LogP contribution in [0.4, 0.5) is 5.00 Å². The van der Waals surface area contributed by atoms with E-state index in [0.29, 0.717) is 28.7 Å². The number of rotatable bonds is 8. The Labute approximate surface area is 157 Å². The number of hydrogen-bond donors (Lipinski definition) is 1. The quantitative estimate of drug-likeness (QED) is 0.705. The zero-order valence-electron chi connectivity index (χ0n) is 15.4. The summed E-state index contributed by atoms with van der Waals surface area (Å²) in [6.45, 7) is 7.94. The lowest BCUT2D eigenvalue weighted by Gasteiger charge is -2.11. The van der Waals surface area contributed by atoms with Crippen LogP contribution in [0.1, 0.15) is 34.6 Å². The van der Waals surface area contributed by atoms with Crippen molar-refractivity contribution in [3.8, 4) is 11.5 Å². The predicted octanol–water partition coefficient (Wildman–Crippen LogP) is 3.96. The molecule has 1 heterocycles. The van der Waals surface area contributed by atoms with Gasteiger partial charge in [0.25, 0.3) is 5.91 Å². The molecule has 1 aromatic carbocycles. The van der Waals surface area contributed by atoms with Gasteiger partial charge in [0.05, 0.1) is 18.8 Å². The molecule has 0 bridgehead atoms. The number of thiophene rings is 1. The molecule has 0 unspecified atom stereocenters. The maximum Gasteiger partial charge on any atom is 0.341 e. The first-order valence-corrected chi connectivity index (χ1v) is 9.21. The van der Waals surface area contributed by atoms with E-state index < -0.39 is 5.97 Å². The van der Waals surface area contributed by atoms with E-state index in [9.17, 15) is 9.59 Å². The van der Waals surface area contributed by atoms with Crippen LogP contribution in [-0.4, -0.2) is 31.7 Å². The average Bonchev–Trinajstić information content (AvgIpc) is 2.88. The molecular formula is C19H23NO5S. The van der Waals surface area contributed by atoms with Crippen LogP contribution >= 0.6 is 11.3 Å². The average molecular weight is 377 g/mol. The third-order valence-corrected chi connectivity index (χ3v) is 4.75. The van der Waals surface area contributed by atoms with Gasteiger partial charge in [-0.25, -0.2) is 4.79 Å². The van der Waals surface area contributed by atoms with E-state index in [1.807, 2.05) is 26.8 Å². The number of carbonyl (C=O) groups is 2. The molecule has 0 saturated heterocycles. The maximum atomic E-state index is 12.3. The fraction of sp³-hybridized carbons (Fsp3) is 0.368. The SMILES string of the molecule is CCOC(=O)c1c(NC(=O)COc2ccccc2OCC)sc(C)c1C. The first-order chi connectivity index (χ1) is 12.5. The van der Waals surface area contributed by atoms with Crippen molar-refractivity contribution in [3.63, 3.8) is 0 Å². The van der Waals surface area contributed by atoms with Gasteiger partial charge in [-0.3, -0.25) is 4.79 Å². The Balaban J connectivity index is 2.07. The van der Waals surface area contributed by atoms with E-state index in [0.717, 1.165) is 10.4 Å². The summed E-state index contributed by atoms with van der Waals surface area (Å²) in [7, 11) is 0. The Hall–Kier alpha value is -2.54. The summed E-state index contributed by atoms with van der Waals surface area (Å²) in [6, 6.07) is 7.16. The lowest BCUT2D eigenvalue weighted by molar-refractivity contribution is -0.118. The van der Waals surface area contributed by atoms with Crippen LogP contribution in [-0.2, 0) is 9.53 Å². The summed E-state index contributed by atoms with van der Waals surface area (Å²) < 4.78 is 16.1. The van der Waals surface area contributed by atoms with Crippen LogP contribution < -0.4 is 14.8 Å². The van der Waals surface area contributed by atoms with Gasteiger partial charge in [0.15, 0.2) is 18.1 Å². The summed E-state index contributed by atoms with van der Waals surface area (Å²) in [5.74, 6) is 0.279. The molecule has 26 heavy (non-hydrogen) atoms. The molecule has 0 aliphatic rings. The summed E-state index contributed by atoms with van der Waals surface area (Å²) in [4.78, 5) is 25.4. The van der Waals surface area contributed by atoms with Gasteiger partial charge in [0.2, 0.25) is 0 Å². The molecule has 1 aromatic heterocycles. The van der Waals surface area contributed by atoms with E-state index in [2.05, 4.69) is 5.32 Å². The van der Waals surface area contributed by atoms with Gasteiger partial charge in [-0.15, -0.1) is 11.3 Å². The molecule has 2 rings (SSSR count). The monoisotopic (exact) mass is 377 g/mol. The van der Waals surface area contributed by atoms with Crippen LogP contribution in [0.25, 0.3) is 0 Å². The van der Waals surface area contributed by atoms with Crippen LogP contribution in [0.5, 0.6) is 11.5 Å². The van der Waals surface area contributed by atoms with Gasteiger partial charge < -0.3 is 19.5 Å². The molecule has 0 saturated carbocycles. The number of carbonyl (C=O) groups excluding carboxylic acids is 2. The first kappa shape index (κ1) is 19.8. The first-order valence-electron chi connectivity index (χ1n) is 8.39. The molecule has 0 fully saturated rings. The summed E-state index contributed by atoms with van der Waals surface area (Å²) >= 11 is 1.34. The second-order valence-electron chi connectivity index (χ2n) is 5.42. The Bertz CT molecular complexity index is 784. The molecule has 140 valence electrons. The maximum absolute atomic E-state index is 12.3. The fourth-order valence-corrected chi connectivity index (χ4v) is 3.38. The summed E-state index contributed by atoms with van der Waals surface area (Å²) in [6.07, 6.45) is 0. The van der Waals surface area contributed by atoms with Crippen molar-refractivity contribution in [2.75, 3.05) is 25.1 Å². The normalized spacial score (nSPS) is 10.3. The highest BCUT2D eigenvalue weighted by Gasteiger charge is 2.22. The molecule has 1 amide bonds. The highest BCUT2D eigenvalue weighted by molar-refractivity contribution is 7.16. The Kier molecular flexibility index (Phi) is 7.03. The van der Waals surface area contributed by atoms with E-state index in [4.69, 9.17) is 14.2 Å². The van der Waals surface area contributed by atoms with Gasteiger partial charge in [0.1, 0.15) is 5.00 Å². The number of nitrogens with one attached hydrogen (secondary N) is 1. The molecular weight excluding hydrogens is 354 g/mol. The lowest BCUT2D eigenvalue weighted by Crippen LogP contribution is -2.21. The van der Waals surface area contributed by atoms with Gasteiger partial charge in [-0.05, 0) is 45.4 Å². The zero-order chi connectivity index (χ0) is 19.1. The van der Waals surface area contributed by atoms with Crippen molar-refractivity contribution in [2.45, 2.75) is 27.7 Å². The minimum absolute atomic E-state index is 0.192. The van der Waals surface area contributed by atoms with Crippen molar-refractivity contribution in [3.05, 3.63) is 40.3 Å². The molecule has 1 N–H and O–H groups in total. The fourth-order valence-electron chi connectivity index (χ4n) is 2.31. The van der Waals surface area contributed by atoms with E-state index in [1.54, 1.807) is 25.1 Å². The number of aryl methyl sites for hydroxylation is 1.